The quantitative estimate of drug-likeness (QED) is 0.168. The molecule has 12 heteroatoms. The van der Waals surface area contributed by atoms with Gasteiger partial charge in [0.1, 0.15) is 0 Å². The van der Waals surface area contributed by atoms with Crippen LogP contribution in [0.3, 0.4) is 0 Å². The lowest BCUT2D eigenvalue weighted by Gasteiger charge is -2.20. The lowest BCUT2D eigenvalue weighted by Crippen LogP contribution is -2.08. The number of para-hydroxylation sites is 2. The van der Waals surface area contributed by atoms with Crippen LogP contribution in [0.2, 0.25) is 0 Å². The number of alkyl halides is 9. The van der Waals surface area contributed by atoms with Crippen LogP contribution in [0.1, 0.15) is 22.3 Å². The molecule has 8 rings (SSSR count). The van der Waals surface area contributed by atoms with Crippen molar-refractivity contribution in [2.75, 3.05) is 0 Å². The maximum atomic E-state index is 14.2. The van der Waals surface area contributed by atoms with Crippen LogP contribution in [-0.2, 0) is 18.5 Å². The molecule has 0 aliphatic heterocycles. The molecule has 0 saturated heterocycles. The van der Waals surface area contributed by atoms with Crippen molar-refractivity contribution in [1.82, 2.24) is 9.13 Å². The average Bonchev–Trinajstić information content (AvgIpc) is 3.62. The van der Waals surface area contributed by atoms with Gasteiger partial charge in [-0.05, 0) is 66.2 Å². The van der Waals surface area contributed by atoms with Gasteiger partial charge < -0.3 is 9.13 Å². The van der Waals surface area contributed by atoms with E-state index < -0.39 is 35.2 Å². The van der Waals surface area contributed by atoms with Gasteiger partial charge >= 0.3 is 18.5 Å². The van der Waals surface area contributed by atoms with Gasteiger partial charge in [-0.15, -0.1) is 0 Å². The van der Waals surface area contributed by atoms with Crippen LogP contribution < -0.4 is 0 Å². The molecule has 0 unspecified atom stereocenters. The van der Waals surface area contributed by atoms with Crippen molar-refractivity contribution in [3.63, 3.8) is 0 Å². The van der Waals surface area contributed by atoms with E-state index in [0.717, 1.165) is 36.4 Å². The van der Waals surface area contributed by atoms with Crippen molar-refractivity contribution in [1.29, 1.82) is 5.26 Å². The van der Waals surface area contributed by atoms with E-state index in [2.05, 4.69) is 0 Å². The Bertz CT molecular complexity index is 2770. The number of aromatic nitrogens is 2. The standard InChI is InChI=1S/C40H20F9N3/c41-38(42,43)24-7-5-6-22(16-24)31-20-37(52-33-11-4-2-9-28(33)30-15-13-26(19-35(30)52)40(47,48)49)36(17-23(31)21-50)51-32-10-3-1-8-27(32)29-14-12-25(18-34(29)51)39(44,45)46/h1-20H. The van der Waals surface area contributed by atoms with Crippen molar-refractivity contribution < 1.29 is 39.5 Å². The van der Waals surface area contributed by atoms with Crippen LogP contribution in [0.4, 0.5) is 39.5 Å². The van der Waals surface area contributed by atoms with E-state index in [0.29, 0.717) is 32.6 Å². The normalized spacial score (nSPS) is 12.7. The minimum atomic E-state index is -4.74. The number of rotatable bonds is 3. The molecule has 0 aliphatic rings. The molecule has 0 amide bonds. The predicted octanol–water partition coefficient (Wildman–Crippen LogP) is 12.5. The van der Waals surface area contributed by atoms with Crippen LogP contribution in [0.5, 0.6) is 0 Å². The Balaban J connectivity index is 1.58. The van der Waals surface area contributed by atoms with Crippen molar-refractivity contribution in [2.45, 2.75) is 18.5 Å². The molecule has 52 heavy (non-hydrogen) atoms. The van der Waals surface area contributed by atoms with Crippen molar-refractivity contribution in [3.8, 4) is 28.6 Å². The zero-order chi connectivity index (χ0) is 36.7. The molecule has 0 spiro atoms. The highest BCUT2D eigenvalue weighted by atomic mass is 19.4. The number of hydrogen-bond acceptors (Lipinski definition) is 1. The smallest absolute Gasteiger partial charge is 0.307 e. The molecule has 2 aromatic heterocycles. The summed E-state index contributed by atoms with van der Waals surface area (Å²) in [4.78, 5) is 0. The van der Waals surface area contributed by atoms with E-state index in [4.69, 9.17) is 0 Å². The number of benzene rings is 6. The molecule has 3 nitrogen and oxygen atoms in total. The number of fused-ring (bicyclic) bond motifs is 6. The molecule has 0 N–H and O–H groups in total. The fourth-order valence-corrected chi connectivity index (χ4v) is 6.94. The summed E-state index contributed by atoms with van der Waals surface area (Å²) >= 11 is 0. The van der Waals surface area contributed by atoms with Gasteiger partial charge in [-0.3, -0.25) is 0 Å². The lowest BCUT2D eigenvalue weighted by molar-refractivity contribution is -0.138. The first kappa shape index (κ1) is 33.0. The van der Waals surface area contributed by atoms with Gasteiger partial charge in [-0.1, -0.05) is 60.7 Å². The molecule has 2 heterocycles. The Labute approximate surface area is 288 Å². The zero-order valence-electron chi connectivity index (χ0n) is 26.3. The molecular weight excluding hydrogens is 693 g/mol. The highest BCUT2D eigenvalue weighted by molar-refractivity contribution is 6.12. The summed E-state index contributed by atoms with van der Waals surface area (Å²) in [6, 6.07) is 29.0. The van der Waals surface area contributed by atoms with E-state index >= 15 is 0 Å². The van der Waals surface area contributed by atoms with Crippen molar-refractivity contribution in [2.24, 2.45) is 0 Å². The fraction of sp³-hybridized carbons (Fsp3) is 0.0750. The summed E-state index contributed by atoms with van der Waals surface area (Å²) in [5.41, 5.74) is -1.80. The third kappa shape index (κ3) is 5.23. The summed E-state index contributed by atoms with van der Waals surface area (Å²) in [5, 5.41) is 12.4. The zero-order valence-corrected chi connectivity index (χ0v) is 26.3. The van der Waals surface area contributed by atoms with Gasteiger partial charge in [0, 0.05) is 27.1 Å². The lowest BCUT2D eigenvalue weighted by atomic mass is 9.96. The number of halogens is 9. The van der Waals surface area contributed by atoms with Gasteiger partial charge in [0.25, 0.3) is 0 Å². The van der Waals surface area contributed by atoms with Crippen LogP contribution in [-0.4, -0.2) is 9.13 Å². The Morgan fingerprint density at radius 3 is 1.35 bits per heavy atom. The molecule has 0 radical (unpaired) electrons. The molecule has 0 saturated carbocycles. The minimum absolute atomic E-state index is 0.00231. The monoisotopic (exact) mass is 713 g/mol. The van der Waals surface area contributed by atoms with Gasteiger partial charge in [0.15, 0.2) is 0 Å². The van der Waals surface area contributed by atoms with Crippen molar-refractivity contribution >= 4 is 43.6 Å². The second-order valence-corrected chi connectivity index (χ2v) is 12.2. The van der Waals surface area contributed by atoms with E-state index in [9.17, 15) is 44.8 Å². The summed E-state index contributed by atoms with van der Waals surface area (Å²) in [5.74, 6) is 0. The summed E-state index contributed by atoms with van der Waals surface area (Å²) in [7, 11) is 0. The second-order valence-electron chi connectivity index (χ2n) is 12.2. The Hall–Kier alpha value is -6.22. The highest BCUT2D eigenvalue weighted by Crippen LogP contribution is 2.44. The predicted molar refractivity (Wildman–Crippen MR) is 180 cm³/mol. The molecular formula is C40H20F9N3. The largest absolute Gasteiger partial charge is 0.416 e. The van der Waals surface area contributed by atoms with Gasteiger partial charge in [0.05, 0.1) is 61.8 Å². The first-order valence-corrected chi connectivity index (χ1v) is 15.6. The third-order valence-electron chi connectivity index (χ3n) is 9.22. The number of nitriles is 1. The molecule has 0 bridgehead atoms. The first-order valence-electron chi connectivity index (χ1n) is 15.6. The average molecular weight is 714 g/mol. The first-order chi connectivity index (χ1) is 24.6. The Morgan fingerprint density at radius 1 is 0.423 bits per heavy atom. The Kier molecular flexibility index (Phi) is 7.22. The SMILES string of the molecule is N#Cc1cc(-n2c3ccccc3c3ccc(C(F)(F)F)cc32)c(-n2c3ccccc3c3ccc(C(F)(F)F)cc32)cc1-c1cccc(C(F)(F)F)c1. The topological polar surface area (TPSA) is 33.6 Å². The van der Waals surface area contributed by atoms with Gasteiger partial charge in [-0.2, -0.15) is 44.8 Å². The summed E-state index contributed by atoms with van der Waals surface area (Å²) in [6.07, 6.45) is -14.2. The molecule has 6 aromatic carbocycles. The Morgan fingerprint density at radius 2 is 0.865 bits per heavy atom. The maximum absolute atomic E-state index is 14.2. The number of hydrogen-bond donors (Lipinski definition) is 0. The van der Waals surface area contributed by atoms with E-state index in [1.54, 1.807) is 48.5 Å². The number of nitrogens with zero attached hydrogens (tertiary/aromatic N) is 3. The molecule has 0 atom stereocenters. The van der Waals surface area contributed by atoms with Crippen LogP contribution in [0.15, 0.2) is 121 Å². The highest BCUT2D eigenvalue weighted by Gasteiger charge is 2.34. The van der Waals surface area contributed by atoms with Gasteiger partial charge in [-0.25, -0.2) is 0 Å². The van der Waals surface area contributed by atoms with Gasteiger partial charge in [0.2, 0.25) is 0 Å². The maximum Gasteiger partial charge on any atom is 0.416 e. The van der Waals surface area contributed by atoms with E-state index in [1.807, 2.05) is 6.07 Å². The minimum Gasteiger partial charge on any atom is -0.307 e. The molecule has 0 fully saturated rings. The second kappa shape index (κ2) is 11.4. The molecule has 0 aliphatic carbocycles. The van der Waals surface area contributed by atoms with E-state index in [1.165, 1.54) is 45.5 Å². The van der Waals surface area contributed by atoms with Crippen molar-refractivity contribution in [3.05, 3.63) is 144 Å². The van der Waals surface area contributed by atoms with Crippen LogP contribution >= 0.6 is 0 Å². The third-order valence-corrected chi connectivity index (χ3v) is 9.22. The van der Waals surface area contributed by atoms with Crippen LogP contribution in [0, 0.1) is 11.3 Å². The van der Waals surface area contributed by atoms with Crippen LogP contribution in [0.25, 0.3) is 66.1 Å². The summed E-state index contributed by atoms with van der Waals surface area (Å²) in [6.45, 7) is 0. The molecule has 258 valence electrons. The van der Waals surface area contributed by atoms with E-state index in [-0.39, 0.29) is 39.1 Å². The molecule has 8 aromatic rings. The fourth-order valence-electron chi connectivity index (χ4n) is 6.94. The summed E-state index contributed by atoms with van der Waals surface area (Å²) < 4.78 is 130.